The number of aryl methyl sites for hydroxylation is 1. The SMILES string of the molecule is Cc1nc(C2CC2)[nH]c(=O)c1C(=O)NC[C@H](C)O. The van der Waals surface area contributed by atoms with E-state index >= 15 is 0 Å². The molecule has 1 atom stereocenters. The topological polar surface area (TPSA) is 95.1 Å². The van der Waals surface area contributed by atoms with Crippen LogP contribution in [0.2, 0.25) is 0 Å². The van der Waals surface area contributed by atoms with Gasteiger partial charge in [0, 0.05) is 12.5 Å². The summed E-state index contributed by atoms with van der Waals surface area (Å²) >= 11 is 0. The maximum absolute atomic E-state index is 11.9. The Kier molecular flexibility index (Phi) is 3.47. The van der Waals surface area contributed by atoms with Gasteiger partial charge in [-0.1, -0.05) is 0 Å². The summed E-state index contributed by atoms with van der Waals surface area (Å²) < 4.78 is 0. The van der Waals surface area contributed by atoms with E-state index in [1.807, 2.05) is 0 Å². The molecule has 1 amide bonds. The van der Waals surface area contributed by atoms with Crippen molar-refractivity contribution in [2.75, 3.05) is 6.54 Å². The molecule has 0 bridgehead atoms. The molecule has 1 saturated carbocycles. The number of carbonyl (C=O) groups is 1. The standard InChI is InChI=1S/C12H17N3O3/c1-6(16)5-13-11(17)9-7(2)14-10(8-3-4-8)15-12(9)18/h6,8,16H,3-5H2,1-2H3,(H,13,17)(H,14,15,18)/t6-/m0/s1. The Balaban J connectivity index is 2.22. The molecule has 18 heavy (non-hydrogen) atoms. The van der Waals surface area contributed by atoms with Gasteiger partial charge in [0.15, 0.2) is 0 Å². The van der Waals surface area contributed by atoms with Gasteiger partial charge in [-0.2, -0.15) is 0 Å². The van der Waals surface area contributed by atoms with Crippen LogP contribution in [-0.4, -0.2) is 33.6 Å². The van der Waals surface area contributed by atoms with Crippen LogP contribution < -0.4 is 10.9 Å². The van der Waals surface area contributed by atoms with E-state index in [1.165, 1.54) is 0 Å². The van der Waals surface area contributed by atoms with Crippen molar-refractivity contribution in [3.8, 4) is 0 Å². The number of hydrogen-bond donors (Lipinski definition) is 3. The van der Waals surface area contributed by atoms with E-state index in [2.05, 4.69) is 15.3 Å². The zero-order valence-electron chi connectivity index (χ0n) is 10.5. The Morgan fingerprint density at radius 2 is 2.28 bits per heavy atom. The molecule has 6 nitrogen and oxygen atoms in total. The second kappa shape index (κ2) is 4.89. The zero-order chi connectivity index (χ0) is 13.3. The fraction of sp³-hybridized carbons (Fsp3) is 0.583. The molecule has 0 aliphatic heterocycles. The van der Waals surface area contributed by atoms with Gasteiger partial charge in [0.05, 0.1) is 11.8 Å². The highest BCUT2D eigenvalue weighted by Gasteiger charge is 2.27. The number of carbonyl (C=O) groups excluding carboxylic acids is 1. The molecule has 0 saturated heterocycles. The van der Waals surface area contributed by atoms with Gasteiger partial charge >= 0.3 is 0 Å². The van der Waals surface area contributed by atoms with Crippen molar-refractivity contribution in [1.29, 1.82) is 0 Å². The maximum Gasteiger partial charge on any atom is 0.264 e. The largest absolute Gasteiger partial charge is 0.392 e. The third-order valence-corrected chi connectivity index (χ3v) is 2.87. The number of aromatic nitrogens is 2. The first-order valence-corrected chi connectivity index (χ1v) is 6.06. The van der Waals surface area contributed by atoms with Crippen molar-refractivity contribution in [2.24, 2.45) is 0 Å². The van der Waals surface area contributed by atoms with Crippen LogP contribution in [0.3, 0.4) is 0 Å². The Hall–Kier alpha value is -1.69. The molecule has 3 N–H and O–H groups in total. The highest BCUT2D eigenvalue weighted by molar-refractivity contribution is 5.94. The summed E-state index contributed by atoms with van der Waals surface area (Å²) in [6.07, 6.45) is 1.43. The number of aromatic amines is 1. The van der Waals surface area contributed by atoms with Gasteiger partial charge in [-0.05, 0) is 26.7 Å². The summed E-state index contributed by atoms with van der Waals surface area (Å²) in [6, 6.07) is 0. The molecular weight excluding hydrogens is 234 g/mol. The Labute approximate surface area is 104 Å². The van der Waals surface area contributed by atoms with E-state index in [-0.39, 0.29) is 12.1 Å². The molecule has 1 aliphatic rings. The van der Waals surface area contributed by atoms with Gasteiger partial charge in [-0.15, -0.1) is 0 Å². The summed E-state index contributed by atoms with van der Waals surface area (Å²) in [5.74, 6) is 0.514. The minimum absolute atomic E-state index is 0.0278. The number of nitrogens with one attached hydrogen (secondary N) is 2. The smallest absolute Gasteiger partial charge is 0.264 e. The van der Waals surface area contributed by atoms with E-state index in [0.717, 1.165) is 12.8 Å². The molecule has 0 unspecified atom stereocenters. The first-order chi connectivity index (χ1) is 8.49. The Bertz CT molecular complexity index is 518. The van der Waals surface area contributed by atoms with Crippen LogP contribution in [-0.2, 0) is 0 Å². The summed E-state index contributed by atoms with van der Waals surface area (Å²) in [4.78, 5) is 30.6. The molecular formula is C12H17N3O3. The summed E-state index contributed by atoms with van der Waals surface area (Å²) in [5, 5.41) is 11.6. The molecule has 0 spiro atoms. The lowest BCUT2D eigenvalue weighted by molar-refractivity contribution is 0.0921. The first-order valence-electron chi connectivity index (χ1n) is 6.06. The molecule has 1 aromatic rings. The summed E-state index contributed by atoms with van der Waals surface area (Å²) in [6.45, 7) is 3.33. The molecule has 0 radical (unpaired) electrons. The number of nitrogens with zero attached hydrogens (tertiary/aromatic N) is 1. The average Bonchev–Trinajstić information content (AvgIpc) is 3.08. The number of hydrogen-bond acceptors (Lipinski definition) is 4. The van der Waals surface area contributed by atoms with E-state index in [1.54, 1.807) is 13.8 Å². The highest BCUT2D eigenvalue weighted by atomic mass is 16.3. The van der Waals surface area contributed by atoms with Crippen LogP contribution in [0.25, 0.3) is 0 Å². The minimum Gasteiger partial charge on any atom is -0.392 e. The Morgan fingerprint density at radius 3 is 2.78 bits per heavy atom. The molecule has 2 rings (SSSR count). The minimum atomic E-state index is -0.646. The summed E-state index contributed by atoms with van der Waals surface area (Å²) in [5.41, 5.74) is 0.0521. The third-order valence-electron chi connectivity index (χ3n) is 2.87. The average molecular weight is 251 g/mol. The third kappa shape index (κ3) is 2.76. The second-order valence-electron chi connectivity index (χ2n) is 4.74. The van der Waals surface area contributed by atoms with E-state index in [4.69, 9.17) is 5.11 Å². The summed E-state index contributed by atoms with van der Waals surface area (Å²) in [7, 11) is 0. The second-order valence-corrected chi connectivity index (χ2v) is 4.74. The van der Waals surface area contributed by atoms with E-state index in [9.17, 15) is 9.59 Å². The first kappa shape index (κ1) is 12.8. The fourth-order valence-corrected chi connectivity index (χ4v) is 1.75. The van der Waals surface area contributed by atoms with Crippen LogP contribution >= 0.6 is 0 Å². The number of amides is 1. The molecule has 0 aromatic carbocycles. The molecule has 1 aromatic heterocycles. The fourth-order valence-electron chi connectivity index (χ4n) is 1.75. The van der Waals surface area contributed by atoms with Crippen LogP contribution in [0.5, 0.6) is 0 Å². The van der Waals surface area contributed by atoms with Crippen molar-refractivity contribution in [2.45, 2.75) is 38.7 Å². The maximum atomic E-state index is 11.9. The van der Waals surface area contributed by atoms with Gasteiger partial charge in [0.25, 0.3) is 11.5 Å². The van der Waals surface area contributed by atoms with E-state index < -0.39 is 17.6 Å². The van der Waals surface area contributed by atoms with Crippen molar-refractivity contribution < 1.29 is 9.90 Å². The van der Waals surface area contributed by atoms with Crippen molar-refractivity contribution in [3.05, 3.63) is 27.4 Å². The molecule has 98 valence electrons. The van der Waals surface area contributed by atoms with Crippen molar-refractivity contribution in [1.82, 2.24) is 15.3 Å². The van der Waals surface area contributed by atoms with Crippen molar-refractivity contribution in [3.63, 3.8) is 0 Å². The predicted octanol–water partition coefficient (Wildman–Crippen LogP) is 0.0663. The van der Waals surface area contributed by atoms with Crippen LogP contribution in [0.1, 0.15) is 47.6 Å². The highest BCUT2D eigenvalue weighted by Crippen LogP contribution is 2.37. The normalized spacial score (nSPS) is 16.4. The predicted molar refractivity (Wildman–Crippen MR) is 65.6 cm³/mol. The number of rotatable bonds is 4. The number of H-pyrrole nitrogens is 1. The lowest BCUT2D eigenvalue weighted by atomic mass is 10.2. The van der Waals surface area contributed by atoms with Gasteiger partial charge in [0.1, 0.15) is 11.4 Å². The zero-order valence-corrected chi connectivity index (χ0v) is 10.5. The molecule has 1 heterocycles. The van der Waals surface area contributed by atoms with E-state index in [0.29, 0.717) is 17.4 Å². The lowest BCUT2D eigenvalue weighted by Crippen LogP contribution is -2.35. The van der Waals surface area contributed by atoms with Gasteiger partial charge < -0.3 is 15.4 Å². The van der Waals surface area contributed by atoms with Gasteiger partial charge in [0.2, 0.25) is 0 Å². The number of aliphatic hydroxyl groups is 1. The molecule has 1 aliphatic carbocycles. The number of aliphatic hydroxyl groups excluding tert-OH is 1. The lowest BCUT2D eigenvalue weighted by Gasteiger charge is -2.09. The van der Waals surface area contributed by atoms with Crippen molar-refractivity contribution >= 4 is 5.91 Å². The molecule has 6 heteroatoms. The monoisotopic (exact) mass is 251 g/mol. The van der Waals surface area contributed by atoms with Gasteiger partial charge in [-0.25, -0.2) is 4.98 Å². The quantitative estimate of drug-likeness (QED) is 0.705. The van der Waals surface area contributed by atoms with Crippen LogP contribution in [0.15, 0.2) is 4.79 Å². The molecule has 1 fully saturated rings. The Morgan fingerprint density at radius 1 is 1.61 bits per heavy atom. The van der Waals surface area contributed by atoms with Gasteiger partial charge in [-0.3, -0.25) is 9.59 Å². The van der Waals surface area contributed by atoms with Crippen LogP contribution in [0, 0.1) is 6.92 Å². The van der Waals surface area contributed by atoms with Crippen LogP contribution in [0.4, 0.5) is 0 Å².